The molecule has 0 spiro atoms. The lowest BCUT2D eigenvalue weighted by Gasteiger charge is -1.97. The predicted octanol–water partition coefficient (Wildman–Crippen LogP) is 3.51. The van der Waals surface area contributed by atoms with Gasteiger partial charge in [0, 0.05) is 16.5 Å². The minimum atomic E-state index is 0.277. The Morgan fingerprint density at radius 1 is 1.38 bits per heavy atom. The van der Waals surface area contributed by atoms with Gasteiger partial charge >= 0.3 is 0 Å². The van der Waals surface area contributed by atoms with Crippen molar-refractivity contribution >= 4 is 35.6 Å². The lowest BCUT2D eigenvalue weighted by atomic mass is 10.2. The van der Waals surface area contributed by atoms with Crippen molar-refractivity contribution < 1.29 is 4.79 Å². The third-order valence-electron chi connectivity index (χ3n) is 1.46. The summed E-state index contributed by atoms with van der Waals surface area (Å²) in [6, 6.07) is 5.21. The molecule has 1 aromatic carbocycles. The Hall–Kier alpha value is -0.790. The zero-order valence-corrected chi connectivity index (χ0v) is 8.27. The second-order valence-corrected chi connectivity index (χ2v) is 3.26. The Morgan fingerprint density at radius 3 is 2.77 bits per heavy atom. The van der Waals surface area contributed by atoms with E-state index >= 15 is 0 Å². The molecule has 0 amide bonds. The first-order valence-electron chi connectivity index (χ1n) is 3.70. The van der Waals surface area contributed by atoms with Gasteiger partial charge in [-0.2, -0.15) is 0 Å². The Morgan fingerprint density at radius 2 is 2.15 bits per heavy atom. The van der Waals surface area contributed by atoms with Crippen LogP contribution in [0.4, 0.5) is 0 Å². The number of allylic oxidation sites excluding steroid dienone is 1. The van der Waals surface area contributed by atoms with E-state index in [-0.39, 0.29) is 6.42 Å². The Labute approximate surface area is 87.0 Å². The molecule has 1 rings (SSSR count). The third-order valence-corrected chi connectivity index (χ3v) is 2.02. The highest BCUT2D eigenvalue weighted by Crippen LogP contribution is 2.21. The van der Waals surface area contributed by atoms with Crippen molar-refractivity contribution in [2.45, 2.75) is 6.42 Å². The van der Waals surface area contributed by atoms with Crippen molar-refractivity contribution in [2.75, 3.05) is 0 Å². The van der Waals surface area contributed by atoms with Crippen LogP contribution in [0.15, 0.2) is 24.3 Å². The molecule has 0 heterocycles. The smallest absolute Gasteiger partial charge is 0.202 e. The third kappa shape index (κ3) is 3.21. The van der Waals surface area contributed by atoms with E-state index in [2.05, 4.69) is 0 Å². The van der Waals surface area contributed by atoms with E-state index in [1.807, 2.05) is 0 Å². The first-order chi connectivity index (χ1) is 6.24. The minimum Gasteiger partial charge on any atom is -0.291 e. The number of hydrogen-bond donors (Lipinski definition) is 0. The molecule has 0 bridgehead atoms. The Kier molecular flexibility index (Phi) is 4.00. The molecular weight excluding hydrogens is 207 g/mol. The summed E-state index contributed by atoms with van der Waals surface area (Å²) in [5.41, 5.74) is 0.848. The Balaban J connectivity index is 2.83. The van der Waals surface area contributed by atoms with Crippen LogP contribution in [0.5, 0.6) is 0 Å². The average molecular weight is 214 g/mol. The van der Waals surface area contributed by atoms with Gasteiger partial charge in [-0.1, -0.05) is 41.4 Å². The van der Waals surface area contributed by atoms with Crippen molar-refractivity contribution in [1.29, 1.82) is 0 Å². The largest absolute Gasteiger partial charge is 0.291 e. The van der Waals surface area contributed by atoms with Gasteiger partial charge in [-0.05, 0) is 17.7 Å². The van der Waals surface area contributed by atoms with Crippen molar-refractivity contribution in [1.82, 2.24) is 0 Å². The maximum absolute atomic E-state index is 9.90. The van der Waals surface area contributed by atoms with E-state index in [0.717, 1.165) is 5.56 Å². The fraction of sp³-hybridized carbons (Fsp3) is 0.100. The molecule has 1 nitrogen and oxygen atoms in total. The number of rotatable bonds is 3. The van der Waals surface area contributed by atoms with E-state index in [4.69, 9.17) is 23.2 Å². The molecule has 3 heteroatoms. The van der Waals surface area contributed by atoms with E-state index < -0.39 is 0 Å². The van der Waals surface area contributed by atoms with Crippen LogP contribution in [0.3, 0.4) is 0 Å². The highest BCUT2D eigenvalue weighted by Gasteiger charge is 1.96. The molecular formula is C10H7Cl2O. The maximum atomic E-state index is 9.90. The highest BCUT2D eigenvalue weighted by molar-refractivity contribution is 6.35. The zero-order chi connectivity index (χ0) is 9.68. The summed E-state index contributed by atoms with van der Waals surface area (Å²) in [4.78, 5) is 9.90. The summed E-state index contributed by atoms with van der Waals surface area (Å²) in [5.74, 6) is 0. The zero-order valence-electron chi connectivity index (χ0n) is 6.76. The molecule has 1 radical (unpaired) electrons. The van der Waals surface area contributed by atoms with Gasteiger partial charge in [-0.3, -0.25) is 4.79 Å². The summed E-state index contributed by atoms with van der Waals surface area (Å²) in [6.45, 7) is 0. The van der Waals surface area contributed by atoms with Gasteiger partial charge in [0.15, 0.2) is 0 Å². The summed E-state index contributed by atoms with van der Waals surface area (Å²) < 4.78 is 0. The molecule has 67 valence electrons. The number of benzene rings is 1. The van der Waals surface area contributed by atoms with Crippen LogP contribution in [0.25, 0.3) is 6.08 Å². The molecule has 0 atom stereocenters. The van der Waals surface area contributed by atoms with Gasteiger partial charge in [0.1, 0.15) is 0 Å². The number of hydrogen-bond acceptors (Lipinski definition) is 1. The fourth-order valence-electron chi connectivity index (χ4n) is 0.871. The molecule has 0 aliphatic heterocycles. The molecule has 0 fully saturated rings. The summed E-state index contributed by atoms with van der Waals surface area (Å²) in [5, 5.41) is 1.18. The SMILES string of the molecule is O=[C]CC=Cc1ccc(Cl)cc1Cl. The van der Waals surface area contributed by atoms with Gasteiger partial charge in [0.05, 0.1) is 0 Å². The molecule has 13 heavy (non-hydrogen) atoms. The van der Waals surface area contributed by atoms with Crippen LogP contribution in [0, 0.1) is 0 Å². The standard InChI is InChI=1S/C10H7Cl2O/c11-9-5-4-8(10(12)7-9)3-1-2-6-13/h1,3-5,7H,2H2. The van der Waals surface area contributed by atoms with Gasteiger partial charge in [-0.25, -0.2) is 0 Å². The van der Waals surface area contributed by atoms with Crippen LogP contribution in [0.2, 0.25) is 10.0 Å². The lowest BCUT2D eigenvalue weighted by Crippen LogP contribution is -1.75. The topological polar surface area (TPSA) is 17.1 Å². The van der Waals surface area contributed by atoms with Crippen LogP contribution >= 0.6 is 23.2 Å². The maximum Gasteiger partial charge on any atom is 0.202 e. The summed E-state index contributed by atoms with van der Waals surface area (Å²) >= 11 is 11.6. The molecule has 1 aromatic rings. The lowest BCUT2D eigenvalue weighted by molar-refractivity contribution is 0.556. The van der Waals surface area contributed by atoms with Gasteiger partial charge in [-0.15, -0.1) is 0 Å². The van der Waals surface area contributed by atoms with Gasteiger partial charge < -0.3 is 0 Å². The number of carbonyl (C=O) groups excluding carboxylic acids is 1. The fourth-order valence-corrected chi connectivity index (χ4v) is 1.34. The van der Waals surface area contributed by atoms with Crippen LogP contribution in [0.1, 0.15) is 12.0 Å². The average Bonchev–Trinajstić information content (AvgIpc) is 2.09. The van der Waals surface area contributed by atoms with Crippen molar-refractivity contribution in [3.8, 4) is 0 Å². The molecule has 0 aliphatic rings. The minimum absolute atomic E-state index is 0.277. The summed E-state index contributed by atoms with van der Waals surface area (Å²) in [6.07, 6.45) is 5.50. The quantitative estimate of drug-likeness (QED) is 0.752. The van der Waals surface area contributed by atoms with Crippen LogP contribution in [-0.4, -0.2) is 6.29 Å². The monoisotopic (exact) mass is 213 g/mol. The second kappa shape index (κ2) is 5.05. The Bertz CT molecular complexity index is 332. The molecule has 0 N–H and O–H groups in total. The first kappa shape index (κ1) is 10.3. The van der Waals surface area contributed by atoms with Crippen molar-refractivity contribution in [3.05, 3.63) is 39.9 Å². The van der Waals surface area contributed by atoms with E-state index in [9.17, 15) is 4.79 Å². The summed E-state index contributed by atoms with van der Waals surface area (Å²) in [7, 11) is 0. The van der Waals surface area contributed by atoms with E-state index in [1.54, 1.807) is 36.6 Å². The second-order valence-electron chi connectivity index (χ2n) is 2.42. The van der Waals surface area contributed by atoms with Crippen LogP contribution < -0.4 is 0 Å². The molecule has 0 aromatic heterocycles. The van der Waals surface area contributed by atoms with Crippen molar-refractivity contribution in [3.63, 3.8) is 0 Å². The number of halogens is 2. The van der Waals surface area contributed by atoms with E-state index in [0.29, 0.717) is 10.0 Å². The van der Waals surface area contributed by atoms with Crippen LogP contribution in [-0.2, 0) is 4.79 Å². The van der Waals surface area contributed by atoms with E-state index in [1.165, 1.54) is 0 Å². The highest BCUT2D eigenvalue weighted by atomic mass is 35.5. The van der Waals surface area contributed by atoms with Gasteiger partial charge in [0.2, 0.25) is 6.29 Å². The van der Waals surface area contributed by atoms with Gasteiger partial charge in [0.25, 0.3) is 0 Å². The first-order valence-corrected chi connectivity index (χ1v) is 4.46. The molecule has 0 aliphatic carbocycles. The molecule has 0 saturated carbocycles. The van der Waals surface area contributed by atoms with Crippen molar-refractivity contribution in [2.24, 2.45) is 0 Å². The molecule has 0 saturated heterocycles. The normalized spacial score (nSPS) is 10.6. The predicted molar refractivity (Wildman–Crippen MR) is 55.8 cm³/mol. The molecule has 0 unspecified atom stereocenters.